The van der Waals surface area contributed by atoms with Gasteiger partial charge in [0.1, 0.15) is 0 Å². The van der Waals surface area contributed by atoms with Gasteiger partial charge in [0.25, 0.3) is 0 Å². The van der Waals surface area contributed by atoms with Gasteiger partial charge in [-0.2, -0.15) is 0 Å². The number of aromatic nitrogens is 1. The van der Waals surface area contributed by atoms with Crippen LogP contribution in [0.5, 0.6) is 0 Å². The first kappa shape index (κ1) is 17.7. The minimum atomic E-state index is 0.232. The molecule has 2 aliphatic rings. The highest BCUT2D eigenvalue weighted by molar-refractivity contribution is 5.19. The van der Waals surface area contributed by atoms with Gasteiger partial charge < -0.3 is 5.32 Å². The predicted octanol–water partition coefficient (Wildman–Crippen LogP) is 4.19. The fraction of sp³-hybridized carbons (Fsp3) is 0.522. The summed E-state index contributed by atoms with van der Waals surface area (Å²) in [4.78, 5) is 7.07. The highest BCUT2D eigenvalue weighted by atomic mass is 15.3. The van der Waals surface area contributed by atoms with E-state index in [0.717, 1.165) is 13.0 Å². The Balaban J connectivity index is 1.53. The standard InChI is InChI=1S/C23H31N3/c1-23-16-21(15-19-9-4-2-5-10-19)25-22(23)12-6-3-7-14-26(23)18-20-11-8-13-24-17-20/h2,4-5,8-11,13,17,21-22,25H,3,6-7,12,14-16,18H2,1H3/t21-,22+,23+/m1/s1. The van der Waals surface area contributed by atoms with Crippen LogP contribution in [0.15, 0.2) is 54.9 Å². The quantitative estimate of drug-likeness (QED) is 0.897. The zero-order valence-corrected chi connectivity index (χ0v) is 15.9. The fourth-order valence-electron chi connectivity index (χ4n) is 4.99. The molecule has 1 aromatic carbocycles. The van der Waals surface area contributed by atoms with Crippen LogP contribution in [0.4, 0.5) is 0 Å². The molecular formula is C23H31N3. The van der Waals surface area contributed by atoms with E-state index in [-0.39, 0.29) is 5.54 Å². The van der Waals surface area contributed by atoms with Crippen LogP contribution in [0.1, 0.15) is 50.2 Å². The second-order valence-electron chi connectivity index (χ2n) is 8.30. The van der Waals surface area contributed by atoms with E-state index in [1.165, 1.54) is 49.8 Å². The number of likely N-dealkylation sites (tertiary alicyclic amines) is 1. The lowest BCUT2D eigenvalue weighted by Crippen LogP contribution is -2.54. The van der Waals surface area contributed by atoms with Crippen LogP contribution in [-0.2, 0) is 13.0 Å². The topological polar surface area (TPSA) is 28.2 Å². The van der Waals surface area contributed by atoms with Gasteiger partial charge in [-0.25, -0.2) is 0 Å². The van der Waals surface area contributed by atoms with Crippen molar-refractivity contribution < 1.29 is 0 Å². The van der Waals surface area contributed by atoms with Crippen LogP contribution in [0.25, 0.3) is 0 Å². The zero-order chi connectivity index (χ0) is 17.8. The van der Waals surface area contributed by atoms with E-state index in [2.05, 4.69) is 64.6 Å². The molecule has 0 amide bonds. The molecule has 3 atom stereocenters. The number of nitrogens with zero attached hydrogens (tertiary/aromatic N) is 2. The molecule has 0 bridgehead atoms. The molecule has 138 valence electrons. The summed E-state index contributed by atoms with van der Waals surface area (Å²) in [5, 5.41) is 4.01. The Morgan fingerprint density at radius 3 is 2.73 bits per heavy atom. The van der Waals surface area contributed by atoms with Gasteiger partial charge >= 0.3 is 0 Å². The van der Waals surface area contributed by atoms with E-state index in [4.69, 9.17) is 0 Å². The predicted molar refractivity (Wildman–Crippen MR) is 107 cm³/mol. The molecule has 0 saturated carbocycles. The smallest absolute Gasteiger partial charge is 0.0352 e. The fourth-order valence-corrected chi connectivity index (χ4v) is 4.99. The van der Waals surface area contributed by atoms with Gasteiger partial charge in [-0.1, -0.05) is 49.2 Å². The van der Waals surface area contributed by atoms with E-state index in [1.807, 2.05) is 12.4 Å². The van der Waals surface area contributed by atoms with Gasteiger partial charge in [0.2, 0.25) is 0 Å². The van der Waals surface area contributed by atoms with E-state index in [1.54, 1.807) is 0 Å². The molecule has 0 aliphatic carbocycles. The van der Waals surface area contributed by atoms with Crippen molar-refractivity contribution in [2.24, 2.45) is 0 Å². The number of benzene rings is 1. The third-order valence-electron chi connectivity index (χ3n) is 6.41. The lowest BCUT2D eigenvalue weighted by molar-refractivity contribution is 0.0663. The first-order valence-electron chi connectivity index (χ1n) is 10.2. The molecule has 3 heterocycles. The molecule has 4 rings (SSSR count). The largest absolute Gasteiger partial charge is 0.309 e. The van der Waals surface area contributed by atoms with Crippen molar-refractivity contribution in [3.8, 4) is 0 Å². The molecule has 2 aromatic rings. The minimum Gasteiger partial charge on any atom is -0.309 e. The van der Waals surface area contributed by atoms with Crippen molar-refractivity contribution >= 4 is 0 Å². The van der Waals surface area contributed by atoms with Crippen molar-refractivity contribution in [3.05, 3.63) is 66.0 Å². The van der Waals surface area contributed by atoms with Crippen molar-refractivity contribution in [1.29, 1.82) is 0 Å². The van der Waals surface area contributed by atoms with Crippen LogP contribution >= 0.6 is 0 Å². The lowest BCUT2D eigenvalue weighted by atomic mass is 9.83. The van der Waals surface area contributed by atoms with Crippen LogP contribution in [0, 0.1) is 0 Å². The first-order chi connectivity index (χ1) is 12.7. The highest BCUT2D eigenvalue weighted by Crippen LogP contribution is 2.37. The lowest BCUT2D eigenvalue weighted by Gasteiger charge is -2.44. The molecule has 1 N–H and O–H groups in total. The Hall–Kier alpha value is -1.71. The van der Waals surface area contributed by atoms with E-state index in [9.17, 15) is 0 Å². The maximum Gasteiger partial charge on any atom is 0.0352 e. The van der Waals surface area contributed by atoms with Crippen LogP contribution in [0.3, 0.4) is 0 Å². The van der Waals surface area contributed by atoms with Gasteiger partial charge in [-0.05, 0) is 56.3 Å². The molecule has 2 fully saturated rings. The average Bonchev–Trinajstić information content (AvgIpc) is 2.96. The first-order valence-corrected chi connectivity index (χ1v) is 10.2. The number of nitrogens with one attached hydrogen (secondary N) is 1. The van der Waals surface area contributed by atoms with Gasteiger partial charge in [0, 0.05) is 36.6 Å². The Kier molecular flexibility index (Phi) is 5.37. The van der Waals surface area contributed by atoms with Crippen molar-refractivity contribution in [3.63, 3.8) is 0 Å². The number of rotatable bonds is 4. The summed E-state index contributed by atoms with van der Waals surface area (Å²) in [6, 6.07) is 16.4. The summed E-state index contributed by atoms with van der Waals surface area (Å²) in [6.07, 6.45) is 11.6. The summed E-state index contributed by atoms with van der Waals surface area (Å²) in [5.41, 5.74) is 3.01. The second-order valence-corrected chi connectivity index (χ2v) is 8.30. The summed E-state index contributed by atoms with van der Waals surface area (Å²) in [7, 11) is 0. The normalized spacial score (nSPS) is 29.7. The number of fused-ring (bicyclic) bond motifs is 1. The summed E-state index contributed by atoms with van der Waals surface area (Å²) < 4.78 is 0. The molecule has 1 aromatic heterocycles. The zero-order valence-electron chi connectivity index (χ0n) is 15.9. The molecule has 0 spiro atoms. The average molecular weight is 350 g/mol. The van der Waals surface area contributed by atoms with Gasteiger partial charge in [-0.15, -0.1) is 0 Å². The maximum atomic E-state index is 4.33. The van der Waals surface area contributed by atoms with E-state index in [0.29, 0.717) is 12.1 Å². The highest BCUT2D eigenvalue weighted by Gasteiger charge is 2.47. The molecule has 3 heteroatoms. The van der Waals surface area contributed by atoms with Crippen molar-refractivity contribution in [2.75, 3.05) is 6.54 Å². The third-order valence-corrected chi connectivity index (χ3v) is 6.41. The molecule has 3 nitrogen and oxygen atoms in total. The molecule has 2 aliphatic heterocycles. The van der Waals surface area contributed by atoms with Crippen LogP contribution < -0.4 is 5.32 Å². The van der Waals surface area contributed by atoms with Gasteiger partial charge in [0.15, 0.2) is 0 Å². The monoisotopic (exact) mass is 349 g/mol. The van der Waals surface area contributed by atoms with Gasteiger partial charge in [0.05, 0.1) is 0 Å². The summed E-state index contributed by atoms with van der Waals surface area (Å²) in [6.45, 7) is 4.71. The number of pyridine rings is 1. The number of hydrogen-bond acceptors (Lipinski definition) is 3. The third kappa shape index (κ3) is 3.84. The van der Waals surface area contributed by atoms with Crippen molar-refractivity contribution in [2.45, 2.75) is 69.6 Å². The van der Waals surface area contributed by atoms with Crippen molar-refractivity contribution in [1.82, 2.24) is 15.2 Å². The Morgan fingerprint density at radius 1 is 1.08 bits per heavy atom. The van der Waals surface area contributed by atoms with Crippen LogP contribution in [0.2, 0.25) is 0 Å². The Morgan fingerprint density at radius 2 is 1.92 bits per heavy atom. The summed E-state index contributed by atoms with van der Waals surface area (Å²) >= 11 is 0. The molecular weight excluding hydrogens is 318 g/mol. The Bertz CT molecular complexity index is 687. The summed E-state index contributed by atoms with van der Waals surface area (Å²) in [5.74, 6) is 0. The molecule has 2 saturated heterocycles. The molecule has 0 unspecified atom stereocenters. The Labute approximate surface area is 157 Å². The molecule has 26 heavy (non-hydrogen) atoms. The van der Waals surface area contributed by atoms with E-state index < -0.39 is 0 Å². The molecule has 0 radical (unpaired) electrons. The minimum absolute atomic E-state index is 0.232. The maximum absolute atomic E-state index is 4.33. The van der Waals surface area contributed by atoms with Crippen LogP contribution in [-0.4, -0.2) is 34.1 Å². The SMILES string of the molecule is C[C@]12C[C@@H](Cc3ccccc3)N[C@H]1CCCCCN2Cc1cccnc1. The second kappa shape index (κ2) is 7.89. The van der Waals surface area contributed by atoms with Gasteiger partial charge in [-0.3, -0.25) is 9.88 Å². The van der Waals surface area contributed by atoms with E-state index >= 15 is 0 Å². The number of hydrogen-bond donors (Lipinski definition) is 1.